The van der Waals surface area contributed by atoms with Crippen molar-refractivity contribution in [2.24, 2.45) is 0 Å². The van der Waals surface area contributed by atoms with E-state index in [0.29, 0.717) is 13.2 Å². The first kappa shape index (κ1) is 16.4. The van der Waals surface area contributed by atoms with Crippen LogP contribution in [0.3, 0.4) is 0 Å². The zero-order valence-electron chi connectivity index (χ0n) is 12.9. The van der Waals surface area contributed by atoms with Gasteiger partial charge in [0.25, 0.3) is 10.2 Å². The molecule has 0 spiro atoms. The first-order chi connectivity index (χ1) is 9.99. The van der Waals surface area contributed by atoms with Gasteiger partial charge < -0.3 is 4.74 Å². The Morgan fingerprint density at radius 2 is 2.29 bits per heavy atom. The first-order valence-corrected chi connectivity index (χ1v) is 8.70. The van der Waals surface area contributed by atoms with Gasteiger partial charge >= 0.3 is 0 Å². The lowest BCUT2D eigenvalue weighted by molar-refractivity contribution is 0.148. The van der Waals surface area contributed by atoms with Gasteiger partial charge in [0.1, 0.15) is 0 Å². The summed E-state index contributed by atoms with van der Waals surface area (Å²) in [5, 5.41) is 4.23. The highest BCUT2D eigenvalue weighted by Gasteiger charge is 2.33. The van der Waals surface area contributed by atoms with E-state index >= 15 is 0 Å². The number of aryl methyl sites for hydroxylation is 1. The van der Waals surface area contributed by atoms with Gasteiger partial charge in [-0.25, -0.2) is 0 Å². The van der Waals surface area contributed by atoms with E-state index in [4.69, 9.17) is 4.74 Å². The van der Waals surface area contributed by atoms with Crippen LogP contribution in [0.25, 0.3) is 0 Å². The molecule has 2 heterocycles. The summed E-state index contributed by atoms with van der Waals surface area (Å²) in [5.74, 6) is 0. The molecule has 1 atom stereocenters. The smallest absolute Gasteiger partial charge is 0.280 e. The largest absolute Gasteiger partial charge is 0.383 e. The number of nitrogens with zero attached hydrogens (tertiary/aromatic N) is 3. The highest BCUT2D eigenvalue weighted by molar-refractivity contribution is 7.87. The Morgan fingerprint density at radius 1 is 1.52 bits per heavy atom. The van der Waals surface area contributed by atoms with Crippen molar-refractivity contribution in [3.8, 4) is 0 Å². The molecule has 1 N–H and O–H groups in total. The molecular weight excluding hydrogens is 292 g/mol. The molecule has 0 unspecified atom stereocenters. The third-order valence-corrected chi connectivity index (χ3v) is 5.55. The zero-order chi connectivity index (χ0) is 15.5. The maximum atomic E-state index is 12.4. The summed E-state index contributed by atoms with van der Waals surface area (Å²) in [7, 11) is -1.88. The molecule has 1 aromatic heterocycles. The van der Waals surface area contributed by atoms with Gasteiger partial charge in [-0.2, -0.15) is 22.5 Å². The molecule has 120 valence electrons. The Bertz CT molecular complexity index is 570. The molecule has 1 aromatic rings. The summed E-state index contributed by atoms with van der Waals surface area (Å²) < 4.78 is 36.0. The minimum absolute atomic E-state index is 0.0630. The Morgan fingerprint density at radius 3 is 2.90 bits per heavy atom. The Kier molecular flexibility index (Phi) is 5.37. The van der Waals surface area contributed by atoms with E-state index in [0.717, 1.165) is 30.6 Å². The minimum atomic E-state index is -3.48. The summed E-state index contributed by atoms with van der Waals surface area (Å²) >= 11 is 0. The fraction of sp³-hybridized carbons (Fsp3) is 0.769. The molecule has 0 amide bonds. The van der Waals surface area contributed by atoms with Crippen molar-refractivity contribution in [2.75, 3.05) is 20.3 Å². The molecule has 1 saturated heterocycles. The van der Waals surface area contributed by atoms with Crippen LogP contribution in [0.4, 0.5) is 0 Å². The van der Waals surface area contributed by atoms with Crippen LogP contribution >= 0.6 is 0 Å². The highest BCUT2D eigenvalue weighted by Crippen LogP contribution is 2.20. The van der Waals surface area contributed by atoms with Crippen LogP contribution in [0.2, 0.25) is 0 Å². The second kappa shape index (κ2) is 6.87. The average molecular weight is 316 g/mol. The molecule has 1 aliphatic heterocycles. The number of nitrogens with one attached hydrogen (secondary N) is 1. The summed E-state index contributed by atoms with van der Waals surface area (Å²) in [6.07, 6.45) is 3.45. The van der Waals surface area contributed by atoms with Crippen molar-refractivity contribution in [1.29, 1.82) is 0 Å². The van der Waals surface area contributed by atoms with Crippen molar-refractivity contribution in [3.63, 3.8) is 0 Å². The Hall–Kier alpha value is -0.960. The standard InChI is InChI=1S/C13H24N4O3S/c1-4-16-11(2)12(8-14-16)9-15-21(18,19)17-7-5-6-13(17)10-20-3/h8,13,15H,4-7,9-10H2,1-3H3/t13-/m1/s1. The van der Waals surface area contributed by atoms with Crippen LogP contribution in [0.15, 0.2) is 6.20 Å². The van der Waals surface area contributed by atoms with Crippen molar-refractivity contribution < 1.29 is 13.2 Å². The Labute approximate surface area is 126 Å². The number of hydrogen-bond donors (Lipinski definition) is 1. The van der Waals surface area contributed by atoms with Crippen molar-refractivity contribution >= 4 is 10.2 Å². The van der Waals surface area contributed by atoms with Crippen LogP contribution in [-0.2, 0) is 28.0 Å². The summed E-state index contributed by atoms with van der Waals surface area (Å²) in [6.45, 7) is 5.99. The number of methoxy groups -OCH3 is 1. The second-order valence-electron chi connectivity index (χ2n) is 5.26. The van der Waals surface area contributed by atoms with Gasteiger partial charge in [0.15, 0.2) is 0 Å². The van der Waals surface area contributed by atoms with Crippen LogP contribution < -0.4 is 4.72 Å². The maximum Gasteiger partial charge on any atom is 0.280 e. The molecule has 2 rings (SSSR count). The molecule has 0 aromatic carbocycles. The summed E-state index contributed by atoms with van der Waals surface area (Å²) in [5.41, 5.74) is 1.90. The van der Waals surface area contributed by atoms with E-state index in [-0.39, 0.29) is 12.6 Å². The van der Waals surface area contributed by atoms with Gasteiger partial charge in [-0.05, 0) is 26.7 Å². The van der Waals surface area contributed by atoms with Crippen LogP contribution in [-0.4, -0.2) is 48.8 Å². The van der Waals surface area contributed by atoms with Gasteiger partial charge in [0.2, 0.25) is 0 Å². The molecular formula is C13H24N4O3S. The van der Waals surface area contributed by atoms with Gasteiger partial charge in [-0.15, -0.1) is 0 Å². The number of rotatable bonds is 7. The lowest BCUT2D eigenvalue weighted by Crippen LogP contribution is -2.44. The quantitative estimate of drug-likeness (QED) is 0.801. The number of hydrogen-bond acceptors (Lipinski definition) is 4. The van der Waals surface area contributed by atoms with Crippen LogP contribution in [0.5, 0.6) is 0 Å². The fourth-order valence-electron chi connectivity index (χ4n) is 2.71. The predicted octanol–water partition coefficient (Wildman–Crippen LogP) is 0.657. The van der Waals surface area contributed by atoms with E-state index in [1.807, 2.05) is 18.5 Å². The number of ether oxygens (including phenoxy) is 1. The van der Waals surface area contributed by atoms with Gasteiger partial charge in [0.05, 0.1) is 12.8 Å². The van der Waals surface area contributed by atoms with E-state index in [9.17, 15) is 8.42 Å². The third kappa shape index (κ3) is 3.63. The van der Waals surface area contributed by atoms with E-state index in [2.05, 4.69) is 9.82 Å². The first-order valence-electron chi connectivity index (χ1n) is 7.26. The van der Waals surface area contributed by atoms with Gasteiger partial charge in [-0.3, -0.25) is 4.68 Å². The highest BCUT2D eigenvalue weighted by atomic mass is 32.2. The normalized spacial score (nSPS) is 20.2. The van der Waals surface area contributed by atoms with Crippen molar-refractivity contribution in [2.45, 2.75) is 45.8 Å². The molecule has 0 saturated carbocycles. The molecule has 21 heavy (non-hydrogen) atoms. The lowest BCUT2D eigenvalue weighted by atomic mass is 10.2. The van der Waals surface area contributed by atoms with E-state index < -0.39 is 10.2 Å². The molecule has 1 fully saturated rings. The van der Waals surface area contributed by atoms with Crippen LogP contribution in [0.1, 0.15) is 31.0 Å². The zero-order valence-corrected chi connectivity index (χ0v) is 13.7. The molecule has 0 radical (unpaired) electrons. The molecule has 8 heteroatoms. The fourth-order valence-corrected chi connectivity index (χ4v) is 4.15. The predicted molar refractivity (Wildman–Crippen MR) is 80.0 cm³/mol. The monoisotopic (exact) mass is 316 g/mol. The van der Waals surface area contributed by atoms with Crippen LogP contribution in [0, 0.1) is 6.92 Å². The SMILES string of the molecule is CCn1ncc(CNS(=O)(=O)N2CCC[C@@H]2COC)c1C. The second-order valence-corrected chi connectivity index (χ2v) is 6.97. The maximum absolute atomic E-state index is 12.4. The minimum Gasteiger partial charge on any atom is -0.383 e. The van der Waals surface area contributed by atoms with Crippen molar-refractivity contribution in [3.05, 3.63) is 17.5 Å². The topological polar surface area (TPSA) is 76.5 Å². The van der Waals surface area contributed by atoms with Gasteiger partial charge in [0, 0.05) is 44.0 Å². The number of aromatic nitrogens is 2. The van der Waals surface area contributed by atoms with E-state index in [1.165, 1.54) is 4.31 Å². The Balaban J connectivity index is 2.02. The van der Waals surface area contributed by atoms with Gasteiger partial charge in [-0.1, -0.05) is 0 Å². The molecule has 7 nitrogen and oxygen atoms in total. The lowest BCUT2D eigenvalue weighted by Gasteiger charge is -2.23. The molecule has 0 aliphatic carbocycles. The molecule has 0 bridgehead atoms. The molecule has 1 aliphatic rings. The average Bonchev–Trinajstić information content (AvgIpc) is 3.04. The van der Waals surface area contributed by atoms with E-state index in [1.54, 1.807) is 13.3 Å². The third-order valence-electron chi connectivity index (χ3n) is 3.94. The summed E-state index contributed by atoms with van der Waals surface area (Å²) in [6, 6.07) is -0.0630. The summed E-state index contributed by atoms with van der Waals surface area (Å²) in [4.78, 5) is 0. The van der Waals surface area contributed by atoms with Crippen molar-refractivity contribution in [1.82, 2.24) is 18.8 Å².